The molecule has 3 heteroatoms. The first-order valence-electron chi connectivity index (χ1n) is 5.39. The van der Waals surface area contributed by atoms with Gasteiger partial charge in [0.15, 0.2) is 0 Å². The molecule has 1 aromatic heterocycles. The molecule has 0 bridgehead atoms. The Morgan fingerprint density at radius 3 is 2.31 bits per heavy atom. The lowest BCUT2D eigenvalue weighted by atomic mass is 10.1. The molecule has 2 aromatic rings. The zero-order chi connectivity index (χ0) is 11.7. The first kappa shape index (κ1) is 11.6. The fraction of sp³-hybridized carbons (Fsp3) is 0.308. The van der Waals surface area contributed by atoms with Crippen LogP contribution in [0.4, 0.5) is 0 Å². The molecular formula is C13H15IN2. The molecule has 0 unspecified atom stereocenters. The monoisotopic (exact) mass is 326 g/mol. The third kappa shape index (κ3) is 2.00. The van der Waals surface area contributed by atoms with Gasteiger partial charge in [0.05, 0.1) is 15.0 Å². The summed E-state index contributed by atoms with van der Waals surface area (Å²) in [6.45, 7) is 4.36. The van der Waals surface area contributed by atoms with Crippen molar-refractivity contribution in [1.29, 1.82) is 0 Å². The summed E-state index contributed by atoms with van der Waals surface area (Å²) in [5.41, 5.74) is 3.63. The number of aromatic nitrogens is 2. The highest BCUT2D eigenvalue weighted by molar-refractivity contribution is 14.1. The van der Waals surface area contributed by atoms with E-state index in [-0.39, 0.29) is 0 Å². The van der Waals surface area contributed by atoms with Gasteiger partial charge in [-0.15, -0.1) is 0 Å². The van der Waals surface area contributed by atoms with Gasteiger partial charge in [0.25, 0.3) is 0 Å². The van der Waals surface area contributed by atoms with Crippen molar-refractivity contribution in [2.24, 2.45) is 7.05 Å². The van der Waals surface area contributed by atoms with Gasteiger partial charge in [-0.05, 0) is 28.5 Å². The minimum Gasteiger partial charge on any atom is -0.267 e. The van der Waals surface area contributed by atoms with Gasteiger partial charge in [0, 0.05) is 12.6 Å². The summed E-state index contributed by atoms with van der Waals surface area (Å²) in [5.74, 6) is 0.468. The number of halogens is 1. The fourth-order valence-electron chi connectivity index (χ4n) is 1.80. The molecule has 16 heavy (non-hydrogen) atoms. The molecule has 2 nitrogen and oxygen atoms in total. The maximum atomic E-state index is 4.60. The van der Waals surface area contributed by atoms with Gasteiger partial charge in [0.1, 0.15) is 0 Å². The topological polar surface area (TPSA) is 17.8 Å². The Kier molecular flexibility index (Phi) is 3.33. The van der Waals surface area contributed by atoms with Crippen LogP contribution in [-0.2, 0) is 7.05 Å². The number of aryl methyl sites for hydroxylation is 1. The quantitative estimate of drug-likeness (QED) is 0.767. The van der Waals surface area contributed by atoms with Gasteiger partial charge < -0.3 is 0 Å². The molecule has 0 aliphatic rings. The molecule has 0 atom stereocenters. The summed E-state index contributed by atoms with van der Waals surface area (Å²) in [6.07, 6.45) is 0. The lowest BCUT2D eigenvalue weighted by Crippen LogP contribution is -1.95. The molecule has 0 spiro atoms. The van der Waals surface area contributed by atoms with E-state index in [1.807, 2.05) is 17.8 Å². The summed E-state index contributed by atoms with van der Waals surface area (Å²) >= 11 is 2.40. The molecule has 0 fully saturated rings. The highest BCUT2D eigenvalue weighted by Gasteiger charge is 2.16. The molecule has 0 saturated carbocycles. The van der Waals surface area contributed by atoms with E-state index in [9.17, 15) is 0 Å². The van der Waals surface area contributed by atoms with E-state index in [0.29, 0.717) is 5.92 Å². The molecule has 0 radical (unpaired) electrons. The Morgan fingerprint density at radius 1 is 1.19 bits per heavy atom. The number of rotatable bonds is 2. The number of hydrogen-bond acceptors (Lipinski definition) is 1. The second kappa shape index (κ2) is 4.57. The van der Waals surface area contributed by atoms with Gasteiger partial charge in [-0.2, -0.15) is 5.10 Å². The van der Waals surface area contributed by atoms with E-state index >= 15 is 0 Å². The maximum Gasteiger partial charge on any atom is 0.0815 e. The van der Waals surface area contributed by atoms with Gasteiger partial charge in [0.2, 0.25) is 0 Å². The van der Waals surface area contributed by atoms with E-state index in [0.717, 1.165) is 0 Å². The van der Waals surface area contributed by atoms with Crippen LogP contribution in [0.25, 0.3) is 11.3 Å². The first-order chi connectivity index (χ1) is 7.61. The third-order valence-corrected chi connectivity index (χ3v) is 3.67. The van der Waals surface area contributed by atoms with Crippen molar-refractivity contribution >= 4 is 22.6 Å². The number of hydrogen-bond donors (Lipinski definition) is 0. The molecule has 0 amide bonds. The predicted molar refractivity (Wildman–Crippen MR) is 75.5 cm³/mol. The van der Waals surface area contributed by atoms with Crippen LogP contribution in [0.2, 0.25) is 0 Å². The average Bonchev–Trinajstić information content (AvgIpc) is 2.56. The molecule has 1 aromatic carbocycles. The van der Waals surface area contributed by atoms with E-state index in [2.05, 4.69) is 65.8 Å². The predicted octanol–water partition coefficient (Wildman–Crippen LogP) is 3.82. The van der Waals surface area contributed by atoms with Crippen molar-refractivity contribution < 1.29 is 0 Å². The minimum absolute atomic E-state index is 0.468. The summed E-state index contributed by atoms with van der Waals surface area (Å²) in [7, 11) is 2.01. The van der Waals surface area contributed by atoms with Gasteiger partial charge >= 0.3 is 0 Å². The van der Waals surface area contributed by atoms with Crippen LogP contribution in [0.3, 0.4) is 0 Å². The van der Waals surface area contributed by atoms with Crippen LogP contribution in [0.1, 0.15) is 25.5 Å². The molecule has 84 valence electrons. The first-order valence-corrected chi connectivity index (χ1v) is 6.47. The molecule has 0 aliphatic carbocycles. The normalized spacial score (nSPS) is 11.1. The summed E-state index contributed by atoms with van der Waals surface area (Å²) in [6, 6.07) is 10.4. The Labute approximate surface area is 110 Å². The highest BCUT2D eigenvalue weighted by Crippen LogP contribution is 2.30. The Morgan fingerprint density at radius 2 is 1.81 bits per heavy atom. The van der Waals surface area contributed by atoms with Crippen molar-refractivity contribution in [3.8, 4) is 11.3 Å². The lowest BCUT2D eigenvalue weighted by Gasteiger charge is -2.02. The standard InChI is InChI=1S/C13H15IN2/c1-9(2)12-11(14)13(16(3)15-12)10-7-5-4-6-8-10/h4-9H,1-3H3. The summed E-state index contributed by atoms with van der Waals surface area (Å²) in [5, 5.41) is 4.60. The van der Waals surface area contributed by atoms with Crippen LogP contribution in [0.15, 0.2) is 30.3 Å². The van der Waals surface area contributed by atoms with Gasteiger partial charge in [-0.3, -0.25) is 4.68 Å². The van der Waals surface area contributed by atoms with Gasteiger partial charge in [-0.25, -0.2) is 0 Å². The zero-order valence-corrected chi connectivity index (χ0v) is 11.9. The fourth-order valence-corrected chi connectivity index (χ4v) is 3.19. The third-order valence-electron chi connectivity index (χ3n) is 2.61. The molecule has 1 heterocycles. The lowest BCUT2D eigenvalue weighted by molar-refractivity contribution is 0.716. The molecule has 0 aliphatic heterocycles. The number of benzene rings is 1. The molecular weight excluding hydrogens is 311 g/mol. The van der Waals surface area contributed by atoms with Crippen molar-refractivity contribution in [2.45, 2.75) is 19.8 Å². The molecule has 0 saturated heterocycles. The minimum atomic E-state index is 0.468. The SMILES string of the molecule is CC(C)c1nn(C)c(-c2ccccc2)c1I. The van der Waals surface area contributed by atoms with Crippen LogP contribution < -0.4 is 0 Å². The second-order valence-electron chi connectivity index (χ2n) is 4.19. The molecule has 0 N–H and O–H groups in total. The van der Waals surface area contributed by atoms with E-state index in [4.69, 9.17) is 0 Å². The van der Waals surface area contributed by atoms with Crippen LogP contribution in [-0.4, -0.2) is 9.78 Å². The molecule has 2 rings (SSSR count). The zero-order valence-electron chi connectivity index (χ0n) is 9.74. The smallest absolute Gasteiger partial charge is 0.0815 e. The Balaban J connectivity index is 2.58. The van der Waals surface area contributed by atoms with Crippen LogP contribution in [0, 0.1) is 3.57 Å². The van der Waals surface area contributed by atoms with E-state index in [1.54, 1.807) is 0 Å². The van der Waals surface area contributed by atoms with Gasteiger partial charge in [-0.1, -0.05) is 44.2 Å². The average molecular weight is 326 g/mol. The Hall–Kier alpha value is -0.840. The van der Waals surface area contributed by atoms with Crippen LogP contribution >= 0.6 is 22.6 Å². The second-order valence-corrected chi connectivity index (χ2v) is 5.27. The van der Waals surface area contributed by atoms with Crippen molar-refractivity contribution in [1.82, 2.24) is 9.78 Å². The summed E-state index contributed by atoms with van der Waals surface area (Å²) in [4.78, 5) is 0. The summed E-state index contributed by atoms with van der Waals surface area (Å²) < 4.78 is 3.24. The van der Waals surface area contributed by atoms with Crippen molar-refractivity contribution in [2.75, 3.05) is 0 Å². The van der Waals surface area contributed by atoms with E-state index in [1.165, 1.54) is 20.5 Å². The van der Waals surface area contributed by atoms with Crippen molar-refractivity contribution in [3.05, 3.63) is 39.6 Å². The maximum absolute atomic E-state index is 4.60. The van der Waals surface area contributed by atoms with Crippen molar-refractivity contribution in [3.63, 3.8) is 0 Å². The Bertz CT molecular complexity index is 486. The van der Waals surface area contributed by atoms with Crippen LogP contribution in [0.5, 0.6) is 0 Å². The largest absolute Gasteiger partial charge is 0.267 e. The highest BCUT2D eigenvalue weighted by atomic mass is 127. The number of nitrogens with zero attached hydrogens (tertiary/aromatic N) is 2. The van der Waals surface area contributed by atoms with E-state index < -0.39 is 0 Å².